The molecule has 0 radical (unpaired) electrons. The van der Waals surface area contributed by atoms with Gasteiger partial charge in [-0.3, -0.25) is 19.2 Å². The van der Waals surface area contributed by atoms with E-state index in [0.717, 1.165) is 43.4 Å². The lowest BCUT2D eigenvalue weighted by Crippen LogP contribution is -2.44. The largest absolute Gasteiger partial charge is 0.743 e. The number of hydrogen-bond acceptors (Lipinski definition) is 15. The average molecular weight is 1480 g/mol. The van der Waals surface area contributed by atoms with E-state index in [-0.39, 0.29) is 63.7 Å². The second-order valence-corrected chi connectivity index (χ2v) is 33.2. The normalized spacial score (nSPS) is 15.4. The minimum Gasteiger partial charge on any atom is -0.743 e. The predicted octanol–water partition coefficient (Wildman–Crippen LogP) is 21.5. The Morgan fingerprint density at radius 1 is 0.548 bits per heavy atom. The van der Waals surface area contributed by atoms with E-state index < -0.39 is 43.7 Å². The molecular weight excluding hydrogens is 1360 g/mol. The molecule has 0 spiro atoms. The van der Waals surface area contributed by atoms with Crippen LogP contribution in [0.4, 0.5) is 8.78 Å². The molecule has 104 heavy (non-hydrogen) atoms. The fourth-order valence-corrected chi connectivity index (χ4v) is 13.0. The highest BCUT2D eigenvalue weighted by molar-refractivity contribution is 7.97. The number of cyclic esters (lactones) is 1. The van der Waals surface area contributed by atoms with Gasteiger partial charge >= 0.3 is 35.1 Å². The molecule has 2 unspecified atom stereocenters. The van der Waals surface area contributed by atoms with Crippen molar-refractivity contribution >= 4 is 50.9 Å². The molecular formula is C85H116F2O15S2. The van der Waals surface area contributed by atoms with Crippen molar-refractivity contribution in [3.63, 3.8) is 0 Å². The van der Waals surface area contributed by atoms with Crippen molar-refractivity contribution in [1.82, 2.24) is 0 Å². The third-order valence-electron chi connectivity index (χ3n) is 20.0. The second kappa shape index (κ2) is 40.8. The zero-order chi connectivity index (χ0) is 77.7. The highest BCUT2D eigenvalue weighted by atomic mass is 32.2. The molecule has 572 valence electrons. The van der Waals surface area contributed by atoms with Crippen molar-refractivity contribution in [1.29, 1.82) is 0 Å². The zero-order valence-electron chi connectivity index (χ0n) is 64.6. The van der Waals surface area contributed by atoms with Gasteiger partial charge in [-0.05, 0) is 262 Å². The van der Waals surface area contributed by atoms with E-state index in [0.29, 0.717) is 42.7 Å². The molecule has 0 saturated heterocycles. The number of rotatable bonds is 22. The number of phenolic OH excluding ortho intramolecular Hbond substituents is 1. The first-order valence-corrected chi connectivity index (χ1v) is 39.4. The van der Waals surface area contributed by atoms with Crippen molar-refractivity contribution in [2.45, 2.75) is 277 Å². The Labute approximate surface area is 622 Å². The number of esters is 5. The van der Waals surface area contributed by atoms with Gasteiger partial charge in [0, 0.05) is 5.56 Å². The lowest BCUT2D eigenvalue weighted by Gasteiger charge is -2.35. The maximum atomic E-state index is 13.0. The molecule has 9 rings (SSSR count). The van der Waals surface area contributed by atoms with E-state index in [9.17, 15) is 45.7 Å². The third kappa shape index (κ3) is 27.4. The zero-order valence-corrected chi connectivity index (χ0v) is 66.3. The number of aromatic hydroxyl groups is 1. The summed E-state index contributed by atoms with van der Waals surface area (Å²) in [5.74, 6) is 0.912. The van der Waals surface area contributed by atoms with Crippen LogP contribution in [0.1, 0.15) is 254 Å². The van der Waals surface area contributed by atoms with Crippen molar-refractivity contribution in [2.75, 3.05) is 0 Å². The number of benzene rings is 6. The molecule has 0 aromatic heterocycles. The first-order valence-electron chi connectivity index (χ1n) is 36.8. The van der Waals surface area contributed by atoms with Gasteiger partial charge in [0.05, 0.1) is 38.1 Å². The molecule has 1 aliphatic heterocycles. The molecule has 2 fully saturated rings. The first kappa shape index (κ1) is 88.8. The number of carbonyl (C=O) groups is 5. The van der Waals surface area contributed by atoms with Gasteiger partial charge in [0.1, 0.15) is 40.8 Å². The summed E-state index contributed by atoms with van der Waals surface area (Å²) < 4.78 is 88.8. The van der Waals surface area contributed by atoms with Crippen molar-refractivity contribution < 1.29 is 79.3 Å². The average Bonchev–Trinajstić information content (AvgIpc) is 0.941. The standard InChI is InChI=1S/C18H15S.C17H26O.C15H28O2.C14H16O4.C12H16O3.C9H16F2O5S/c1-4-10-16(11-5-1)19(17-12-6-2-7-13-17)18-14-8-3-9-15-18;1-4-14(2)15-9-8-10-16(13-15)18-17(3)11-6-5-7-12-17;1-5-14(3,4)13(16)17-15(6-2)11-9-7-8-10-12-15;1-4-14(2,3)13(16)18-10-5-6-11-9(7-10)8-17-12(11)15;1-4-12(2,3)11(14)15-10-7-5-9(13)6-8-10;1-5-8(3,4)7(12)16-6(2)9(10,11)17(13,14)15/h1-15H;8-10,13-14H,4-7,11-12H2,1-3H3;5-12H2,1-4H3;5-7H,4,8H2,1-3H3;5-8,13H,4H2,1-3H3;6H,5H2,1-4H3,(H,13,14,15)/q+1;;;;;/p-1. The Bertz CT molecular complexity index is 3640. The Morgan fingerprint density at radius 2 is 0.971 bits per heavy atom. The number of alkyl halides is 2. The SMILES string of the molecule is CCC(C)(C)C(=O)OC(C)C(F)(F)S(=O)(=O)[O-].CCC(C)(C)C(=O)Oc1ccc(O)cc1.CCC(C)(C)C(=O)Oc1ccc2c(c1)COC2=O.CCC(C)c1cccc(OC2(C)CCCCC2)c1.CCC1(OC(=O)C(C)(C)CC)CCCCCC1.c1ccc([S+](c2ccccc2)c2ccccc2)cc1. The fraction of sp³-hybridized carbons (Fsp3) is 0.518. The van der Waals surface area contributed by atoms with E-state index in [2.05, 4.69) is 148 Å². The monoisotopic (exact) mass is 1480 g/mol. The summed E-state index contributed by atoms with van der Waals surface area (Å²) in [5, 5.41) is 4.42. The minimum atomic E-state index is -5.86. The van der Waals surface area contributed by atoms with E-state index in [4.69, 9.17) is 28.8 Å². The molecule has 0 bridgehead atoms. The van der Waals surface area contributed by atoms with Gasteiger partial charge in [-0.2, -0.15) is 8.78 Å². The van der Waals surface area contributed by atoms with Crippen LogP contribution < -0.4 is 14.2 Å². The van der Waals surface area contributed by atoms with E-state index in [1.807, 2.05) is 62.3 Å². The van der Waals surface area contributed by atoms with Crippen LogP contribution >= 0.6 is 0 Å². The molecule has 2 atom stereocenters. The van der Waals surface area contributed by atoms with E-state index in [1.165, 1.54) is 110 Å². The number of fused-ring (bicyclic) bond motifs is 1. The molecule has 2 saturated carbocycles. The molecule has 1 heterocycles. The number of hydrogen-bond donors (Lipinski definition) is 1. The van der Waals surface area contributed by atoms with Crippen LogP contribution in [0.2, 0.25) is 0 Å². The van der Waals surface area contributed by atoms with E-state index in [1.54, 1.807) is 37.3 Å². The van der Waals surface area contributed by atoms with Gasteiger partial charge in [-0.1, -0.05) is 134 Å². The number of halogens is 2. The summed E-state index contributed by atoms with van der Waals surface area (Å²) >= 11 is 0. The third-order valence-corrected chi connectivity index (χ3v) is 23.2. The number of carbonyl (C=O) groups excluding carboxylic acids is 5. The van der Waals surface area contributed by atoms with Crippen molar-refractivity contribution in [3.05, 3.63) is 174 Å². The Kier molecular flexibility index (Phi) is 34.8. The lowest BCUT2D eigenvalue weighted by molar-refractivity contribution is -0.173. The van der Waals surface area contributed by atoms with Crippen molar-refractivity contribution in [3.8, 4) is 23.0 Å². The Hall–Kier alpha value is -7.61. The molecule has 19 heteroatoms. The van der Waals surface area contributed by atoms with Crippen LogP contribution in [0.25, 0.3) is 0 Å². The quantitative estimate of drug-likeness (QED) is 0.0167. The molecule has 3 aliphatic rings. The highest BCUT2D eigenvalue weighted by Crippen LogP contribution is 2.39. The topological polar surface area (TPSA) is 218 Å². The van der Waals surface area contributed by atoms with Crippen LogP contribution in [-0.4, -0.2) is 70.5 Å². The number of phenols is 1. The summed E-state index contributed by atoms with van der Waals surface area (Å²) in [5.41, 5.74) is 0.264. The predicted molar refractivity (Wildman–Crippen MR) is 407 cm³/mol. The summed E-state index contributed by atoms with van der Waals surface area (Å²) in [6, 6.07) is 51.9. The molecule has 1 N–H and O–H groups in total. The van der Waals surface area contributed by atoms with Crippen molar-refractivity contribution in [2.24, 2.45) is 21.7 Å². The Morgan fingerprint density at radius 3 is 1.41 bits per heavy atom. The maximum absolute atomic E-state index is 13.0. The van der Waals surface area contributed by atoms with Gasteiger partial charge in [0.15, 0.2) is 30.9 Å². The smallest absolute Gasteiger partial charge is 0.369 e. The summed E-state index contributed by atoms with van der Waals surface area (Å²) in [6.45, 7) is 31.7. The highest BCUT2D eigenvalue weighted by Gasteiger charge is 2.48. The van der Waals surface area contributed by atoms with Gasteiger partial charge in [0.2, 0.25) is 0 Å². The van der Waals surface area contributed by atoms with Crippen LogP contribution in [0.15, 0.2) is 172 Å². The molecule has 15 nitrogen and oxygen atoms in total. The van der Waals surface area contributed by atoms with Crippen LogP contribution in [0.5, 0.6) is 23.0 Å². The van der Waals surface area contributed by atoms with Crippen LogP contribution in [0.3, 0.4) is 0 Å². The van der Waals surface area contributed by atoms with Gasteiger partial charge in [-0.15, -0.1) is 0 Å². The van der Waals surface area contributed by atoms with Crippen LogP contribution in [0, 0.1) is 21.7 Å². The maximum Gasteiger partial charge on any atom is 0.369 e. The fourth-order valence-electron chi connectivity index (χ4n) is 10.5. The minimum absolute atomic E-state index is 0.0104. The van der Waals surface area contributed by atoms with Gasteiger partial charge in [-0.25, -0.2) is 13.2 Å². The number of ether oxygens (including phenoxy) is 6. The van der Waals surface area contributed by atoms with Gasteiger partial charge < -0.3 is 38.1 Å². The first-order chi connectivity index (χ1) is 48.8. The van der Waals surface area contributed by atoms with Gasteiger partial charge in [0.25, 0.3) is 0 Å². The van der Waals surface area contributed by atoms with E-state index >= 15 is 0 Å². The summed E-state index contributed by atoms with van der Waals surface area (Å²) in [6.07, 6.45) is 15.9. The molecule has 6 aromatic rings. The summed E-state index contributed by atoms with van der Waals surface area (Å²) in [4.78, 5) is 62.6. The van der Waals surface area contributed by atoms with Crippen LogP contribution in [-0.2, 0) is 61.0 Å². The molecule has 2 aliphatic carbocycles. The second-order valence-electron chi connectivity index (χ2n) is 29.8. The Balaban J connectivity index is 0.000000265. The summed E-state index contributed by atoms with van der Waals surface area (Å²) in [7, 11) is -5.87. The lowest BCUT2D eigenvalue weighted by atomic mass is 9.86. The molecule has 6 aromatic carbocycles. The molecule has 0 amide bonds.